The van der Waals surface area contributed by atoms with Gasteiger partial charge in [0.25, 0.3) is 0 Å². The van der Waals surface area contributed by atoms with E-state index < -0.39 is 5.54 Å². The Kier molecular flexibility index (Phi) is 9.24. The number of hydrogen-bond donors (Lipinski definition) is 1. The number of anilines is 1. The first-order chi connectivity index (χ1) is 21.2. The smallest absolute Gasteiger partial charge is 0.245 e. The van der Waals surface area contributed by atoms with Crippen molar-refractivity contribution in [1.82, 2.24) is 29.8 Å². The van der Waals surface area contributed by atoms with Crippen molar-refractivity contribution in [3.05, 3.63) is 40.7 Å². The SMILES string of the molecule is C=CC(=O)N1CCC(n2nc(N3CCN(C[C@@H]4COCCO4)C[C@]3(C)COC)c(-c3c(Cl)c(Cl)cc4[nH]ncc34)c2C)CC1. The van der Waals surface area contributed by atoms with Crippen LogP contribution in [0, 0.1) is 6.92 Å². The number of piperazine rings is 1. The van der Waals surface area contributed by atoms with Crippen LogP contribution in [-0.2, 0) is 19.0 Å². The molecule has 3 fully saturated rings. The van der Waals surface area contributed by atoms with Crippen LogP contribution in [-0.4, -0.2) is 120 Å². The minimum absolute atomic E-state index is 0.0338. The summed E-state index contributed by atoms with van der Waals surface area (Å²) in [5.41, 5.74) is 3.16. The molecule has 6 rings (SSSR count). The Morgan fingerprint density at radius 1 is 1.23 bits per heavy atom. The molecule has 13 heteroatoms. The zero-order valence-electron chi connectivity index (χ0n) is 25.7. The second-order valence-corrected chi connectivity index (χ2v) is 13.0. The lowest BCUT2D eigenvalue weighted by atomic mass is 9.94. The molecule has 1 aromatic carbocycles. The van der Waals surface area contributed by atoms with Crippen molar-refractivity contribution in [2.45, 2.75) is 44.4 Å². The number of carbonyl (C=O) groups is 1. The van der Waals surface area contributed by atoms with Gasteiger partial charge in [0.05, 0.1) is 65.9 Å². The van der Waals surface area contributed by atoms with E-state index >= 15 is 0 Å². The average molecular weight is 647 g/mol. The number of fused-ring (bicyclic) bond motifs is 1. The summed E-state index contributed by atoms with van der Waals surface area (Å²) in [6.45, 7) is 14.8. The summed E-state index contributed by atoms with van der Waals surface area (Å²) in [4.78, 5) is 19.0. The second kappa shape index (κ2) is 13.0. The number of H-pyrrole nitrogens is 1. The number of rotatable bonds is 8. The number of aromatic nitrogens is 4. The Morgan fingerprint density at radius 3 is 2.73 bits per heavy atom. The molecule has 3 aromatic rings. The lowest BCUT2D eigenvalue weighted by Crippen LogP contribution is -2.64. The number of carbonyl (C=O) groups excluding carboxylic acids is 1. The number of nitrogens with zero attached hydrogens (tertiary/aromatic N) is 6. The van der Waals surface area contributed by atoms with Crippen LogP contribution < -0.4 is 4.90 Å². The number of hydrogen-bond acceptors (Lipinski definition) is 8. The zero-order chi connectivity index (χ0) is 31.0. The lowest BCUT2D eigenvalue weighted by Gasteiger charge is -2.50. The molecule has 1 N–H and O–H groups in total. The molecule has 0 aliphatic carbocycles. The van der Waals surface area contributed by atoms with Gasteiger partial charge in [-0.25, -0.2) is 0 Å². The first-order valence-corrected chi connectivity index (χ1v) is 16.0. The number of piperidine rings is 1. The Bertz CT molecular complexity index is 1510. The largest absolute Gasteiger partial charge is 0.382 e. The van der Waals surface area contributed by atoms with Crippen molar-refractivity contribution in [1.29, 1.82) is 0 Å². The molecular formula is C31H41Cl2N7O4. The van der Waals surface area contributed by atoms with Crippen molar-refractivity contribution in [2.75, 3.05) is 77.7 Å². The summed E-state index contributed by atoms with van der Waals surface area (Å²) in [5.74, 6) is 0.809. The lowest BCUT2D eigenvalue weighted by molar-refractivity contribution is -0.127. The van der Waals surface area contributed by atoms with E-state index in [-0.39, 0.29) is 18.1 Å². The highest BCUT2D eigenvalue weighted by Gasteiger charge is 2.42. The van der Waals surface area contributed by atoms with Gasteiger partial charge in [0.15, 0.2) is 5.82 Å². The fourth-order valence-electron chi connectivity index (χ4n) is 7.12. The van der Waals surface area contributed by atoms with E-state index in [1.54, 1.807) is 13.3 Å². The fourth-order valence-corrected chi connectivity index (χ4v) is 7.57. The van der Waals surface area contributed by atoms with Crippen molar-refractivity contribution in [3.63, 3.8) is 0 Å². The van der Waals surface area contributed by atoms with Crippen molar-refractivity contribution >= 4 is 45.8 Å². The molecule has 44 heavy (non-hydrogen) atoms. The Balaban J connectivity index is 1.42. The molecular weight excluding hydrogens is 605 g/mol. The third-order valence-electron chi connectivity index (χ3n) is 9.23. The maximum atomic E-state index is 12.3. The first kappa shape index (κ1) is 31.3. The maximum absolute atomic E-state index is 12.3. The van der Waals surface area contributed by atoms with E-state index in [9.17, 15) is 4.79 Å². The van der Waals surface area contributed by atoms with Crippen LogP contribution in [0.3, 0.4) is 0 Å². The van der Waals surface area contributed by atoms with Gasteiger partial charge in [-0.05, 0) is 38.8 Å². The van der Waals surface area contributed by atoms with Crippen LogP contribution in [0.1, 0.15) is 31.5 Å². The van der Waals surface area contributed by atoms with Crippen LogP contribution in [0.5, 0.6) is 0 Å². The van der Waals surface area contributed by atoms with Gasteiger partial charge in [-0.3, -0.25) is 19.5 Å². The van der Waals surface area contributed by atoms with E-state index in [1.165, 1.54) is 6.08 Å². The predicted octanol–water partition coefficient (Wildman–Crippen LogP) is 4.33. The highest BCUT2D eigenvalue weighted by Crippen LogP contribution is 2.47. The summed E-state index contributed by atoms with van der Waals surface area (Å²) in [6, 6.07) is 1.93. The zero-order valence-corrected chi connectivity index (χ0v) is 27.2. The number of ether oxygens (including phenoxy) is 3. The molecule has 0 saturated carbocycles. The van der Waals surface area contributed by atoms with Crippen molar-refractivity contribution in [2.24, 2.45) is 0 Å². The van der Waals surface area contributed by atoms with Crippen LogP contribution in [0.4, 0.5) is 5.82 Å². The molecule has 0 spiro atoms. The number of methoxy groups -OCH3 is 1. The highest BCUT2D eigenvalue weighted by molar-refractivity contribution is 6.45. The van der Waals surface area contributed by atoms with Crippen LogP contribution >= 0.6 is 23.2 Å². The van der Waals surface area contributed by atoms with Gasteiger partial charge in [0, 0.05) is 68.6 Å². The van der Waals surface area contributed by atoms with E-state index in [1.807, 2.05) is 11.0 Å². The van der Waals surface area contributed by atoms with E-state index in [4.69, 9.17) is 42.5 Å². The van der Waals surface area contributed by atoms with Crippen molar-refractivity contribution in [3.8, 4) is 11.1 Å². The molecule has 2 aromatic heterocycles. The fraction of sp³-hybridized carbons (Fsp3) is 0.581. The quantitative estimate of drug-likeness (QED) is 0.361. The van der Waals surface area contributed by atoms with E-state index in [2.05, 4.69) is 45.1 Å². The molecule has 3 saturated heterocycles. The molecule has 2 atom stereocenters. The maximum Gasteiger partial charge on any atom is 0.245 e. The number of benzene rings is 1. The van der Waals surface area contributed by atoms with Crippen LogP contribution in [0.15, 0.2) is 24.9 Å². The number of nitrogens with one attached hydrogen (secondary N) is 1. The summed E-state index contributed by atoms with van der Waals surface area (Å²) in [7, 11) is 1.74. The third kappa shape index (κ3) is 5.86. The van der Waals surface area contributed by atoms with Gasteiger partial charge < -0.3 is 24.0 Å². The normalized spacial score (nSPS) is 23.9. The topological polar surface area (TPSA) is 101 Å². The minimum atomic E-state index is -0.400. The summed E-state index contributed by atoms with van der Waals surface area (Å²) < 4.78 is 19.6. The summed E-state index contributed by atoms with van der Waals surface area (Å²) in [5, 5.41) is 14.6. The van der Waals surface area contributed by atoms with Gasteiger partial charge in [-0.1, -0.05) is 29.8 Å². The number of likely N-dealkylation sites (tertiary alicyclic amines) is 1. The molecule has 5 heterocycles. The molecule has 3 aliphatic heterocycles. The standard InChI is InChI=1S/C31H41Cl2N7O4/c1-5-26(41)38-8-6-21(7-9-38)40-20(2)27(28-23-15-34-35-25(23)14-24(32)29(28)33)30(36-40)39-11-10-37(18-31(39,3)19-42-4)16-22-17-43-12-13-44-22/h5,14-15,21-22H,1,6-13,16-19H2,2-4H3,(H,34,35)/t22-,31-/m1/s1. The van der Waals surface area contributed by atoms with Crippen LogP contribution in [0.2, 0.25) is 10.0 Å². The van der Waals surface area contributed by atoms with Gasteiger partial charge in [-0.15, -0.1) is 0 Å². The molecule has 1 amide bonds. The van der Waals surface area contributed by atoms with Gasteiger partial charge >= 0.3 is 0 Å². The average Bonchev–Trinajstić information content (AvgIpc) is 3.62. The monoisotopic (exact) mass is 645 g/mol. The number of amides is 1. The molecule has 0 bridgehead atoms. The number of halogens is 2. The molecule has 11 nitrogen and oxygen atoms in total. The van der Waals surface area contributed by atoms with Crippen LogP contribution in [0.25, 0.3) is 22.0 Å². The number of aromatic amines is 1. The molecule has 0 unspecified atom stereocenters. The summed E-state index contributed by atoms with van der Waals surface area (Å²) >= 11 is 13.7. The Labute approximate surface area is 268 Å². The predicted molar refractivity (Wildman–Crippen MR) is 172 cm³/mol. The van der Waals surface area contributed by atoms with E-state index in [0.717, 1.165) is 72.6 Å². The highest BCUT2D eigenvalue weighted by atomic mass is 35.5. The van der Waals surface area contributed by atoms with Gasteiger partial charge in [-0.2, -0.15) is 10.2 Å². The molecule has 3 aliphatic rings. The third-order valence-corrected chi connectivity index (χ3v) is 10.0. The molecule has 238 valence electrons. The minimum Gasteiger partial charge on any atom is -0.382 e. The van der Waals surface area contributed by atoms with E-state index in [0.29, 0.717) is 49.6 Å². The molecule has 0 radical (unpaired) electrons. The van der Waals surface area contributed by atoms with Crippen molar-refractivity contribution < 1.29 is 19.0 Å². The van der Waals surface area contributed by atoms with Gasteiger partial charge in [0.1, 0.15) is 0 Å². The van der Waals surface area contributed by atoms with Gasteiger partial charge in [0.2, 0.25) is 5.91 Å². The second-order valence-electron chi connectivity index (χ2n) is 12.3. The Hall–Kier alpha value is -2.67. The summed E-state index contributed by atoms with van der Waals surface area (Å²) in [6.07, 6.45) is 4.82. The first-order valence-electron chi connectivity index (χ1n) is 15.2. The Morgan fingerprint density at radius 2 is 2.02 bits per heavy atom.